The summed E-state index contributed by atoms with van der Waals surface area (Å²) in [5.74, 6) is -0.0977. The molecule has 0 amide bonds. The molecule has 6 heteroatoms. The van der Waals surface area contributed by atoms with Crippen LogP contribution in [0.3, 0.4) is 0 Å². The number of ketones is 1. The third-order valence-electron chi connectivity index (χ3n) is 1.91. The molecule has 15 heavy (non-hydrogen) atoms. The molecule has 0 unspecified atom stereocenters. The van der Waals surface area contributed by atoms with Gasteiger partial charge in [-0.2, -0.15) is 11.3 Å². The van der Waals surface area contributed by atoms with Crippen LogP contribution in [0.1, 0.15) is 16.1 Å². The van der Waals surface area contributed by atoms with Crippen LogP contribution in [0, 0.1) is 0 Å². The maximum Gasteiger partial charge on any atom is 0.215 e. The number of nitrogens with two attached hydrogens (primary N) is 1. The number of rotatable bonds is 4. The fourth-order valence-electron chi connectivity index (χ4n) is 1.19. The van der Waals surface area contributed by atoms with Gasteiger partial charge in [-0.25, -0.2) is 0 Å². The summed E-state index contributed by atoms with van der Waals surface area (Å²) in [6, 6.07) is 1.77. The van der Waals surface area contributed by atoms with Crippen LogP contribution in [0.15, 0.2) is 23.0 Å². The quantitative estimate of drug-likeness (QED) is 0.766. The second-order valence-electron chi connectivity index (χ2n) is 3.00. The summed E-state index contributed by atoms with van der Waals surface area (Å²) >= 11 is 1.48. The lowest BCUT2D eigenvalue weighted by Gasteiger charge is -1.92. The average Bonchev–Trinajstić information content (AvgIpc) is 2.87. The number of hydrogen-bond acceptors (Lipinski definition) is 5. The van der Waals surface area contributed by atoms with Crippen molar-refractivity contribution in [2.45, 2.75) is 6.54 Å². The zero-order valence-corrected chi connectivity index (χ0v) is 8.78. The van der Waals surface area contributed by atoms with Crippen molar-refractivity contribution in [1.82, 2.24) is 15.0 Å². The predicted molar refractivity (Wildman–Crippen MR) is 56.8 cm³/mol. The molecular weight excluding hydrogens is 212 g/mol. The van der Waals surface area contributed by atoms with E-state index in [9.17, 15) is 4.79 Å². The molecule has 0 aliphatic rings. The van der Waals surface area contributed by atoms with Gasteiger partial charge in [0, 0.05) is 17.5 Å². The van der Waals surface area contributed by atoms with Gasteiger partial charge in [-0.1, -0.05) is 5.21 Å². The van der Waals surface area contributed by atoms with Crippen molar-refractivity contribution in [3.05, 3.63) is 34.3 Å². The Morgan fingerprint density at radius 3 is 3.13 bits per heavy atom. The minimum Gasteiger partial charge on any atom is -0.329 e. The number of nitrogens with zero attached hydrogens (tertiary/aromatic N) is 3. The number of carbonyl (C=O) groups is 1. The fourth-order valence-corrected chi connectivity index (χ4v) is 1.82. The van der Waals surface area contributed by atoms with Crippen molar-refractivity contribution in [2.24, 2.45) is 5.73 Å². The molecule has 5 nitrogen and oxygen atoms in total. The highest BCUT2D eigenvalue weighted by atomic mass is 32.1. The number of carbonyl (C=O) groups excluding carboxylic acids is 1. The van der Waals surface area contributed by atoms with Crippen LogP contribution in [0.5, 0.6) is 0 Å². The number of aromatic nitrogens is 3. The lowest BCUT2D eigenvalue weighted by atomic mass is 10.2. The van der Waals surface area contributed by atoms with Crippen LogP contribution in [0.4, 0.5) is 0 Å². The summed E-state index contributed by atoms with van der Waals surface area (Å²) in [7, 11) is 0. The lowest BCUT2D eigenvalue weighted by molar-refractivity contribution is 0.103. The molecule has 0 saturated carbocycles. The summed E-state index contributed by atoms with van der Waals surface area (Å²) in [5.41, 5.74) is 6.38. The molecule has 2 rings (SSSR count). The number of hydrogen-bond donors (Lipinski definition) is 1. The van der Waals surface area contributed by atoms with Gasteiger partial charge in [-0.05, 0) is 11.4 Å². The summed E-state index contributed by atoms with van der Waals surface area (Å²) in [6.07, 6.45) is 1.62. The second-order valence-corrected chi connectivity index (χ2v) is 3.78. The van der Waals surface area contributed by atoms with E-state index in [1.165, 1.54) is 11.3 Å². The standard InChI is InChI=1S/C9H10N4OS/c10-2-3-13-5-8(11-12-13)9(14)7-1-4-15-6-7/h1,4-6H,2-3,10H2. The van der Waals surface area contributed by atoms with Crippen molar-refractivity contribution in [3.8, 4) is 0 Å². The van der Waals surface area contributed by atoms with Gasteiger partial charge in [-0.3, -0.25) is 9.48 Å². The lowest BCUT2D eigenvalue weighted by Crippen LogP contribution is -2.10. The van der Waals surface area contributed by atoms with Crippen LogP contribution in [0.2, 0.25) is 0 Å². The summed E-state index contributed by atoms with van der Waals surface area (Å²) in [6.45, 7) is 1.05. The number of thiophene rings is 1. The molecular formula is C9H10N4OS. The Bertz CT molecular complexity index is 448. The molecule has 0 aliphatic carbocycles. The molecule has 78 valence electrons. The van der Waals surface area contributed by atoms with Gasteiger partial charge in [0.25, 0.3) is 0 Å². The topological polar surface area (TPSA) is 73.8 Å². The molecule has 0 atom stereocenters. The summed E-state index contributed by atoms with van der Waals surface area (Å²) < 4.78 is 1.57. The van der Waals surface area contributed by atoms with E-state index in [0.717, 1.165) is 0 Å². The van der Waals surface area contributed by atoms with E-state index in [1.54, 1.807) is 22.3 Å². The van der Waals surface area contributed by atoms with E-state index in [2.05, 4.69) is 10.3 Å². The molecule has 0 radical (unpaired) electrons. The van der Waals surface area contributed by atoms with Crippen LogP contribution in [-0.4, -0.2) is 27.3 Å². The first-order valence-corrected chi connectivity index (χ1v) is 5.42. The summed E-state index contributed by atoms with van der Waals surface area (Å²) in [5, 5.41) is 11.3. The first-order chi connectivity index (χ1) is 7.31. The second kappa shape index (κ2) is 4.33. The highest BCUT2D eigenvalue weighted by Crippen LogP contribution is 2.10. The molecule has 2 aromatic heterocycles. The summed E-state index contributed by atoms with van der Waals surface area (Å²) in [4.78, 5) is 11.8. The van der Waals surface area contributed by atoms with Crippen LogP contribution in [0.25, 0.3) is 0 Å². The molecule has 0 aromatic carbocycles. The van der Waals surface area contributed by atoms with Gasteiger partial charge in [-0.15, -0.1) is 5.10 Å². The molecule has 0 fully saturated rings. The third-order valence-corrected chi connectivity index (χ3v) is 2.60. The normalized spacial score (nSPS) is 10.5. The van der Waals surface area contributed by atoms with Gasteiger partial charge in [0.2, 0.25) is 5.78 Å². The Morgan fingerprint density at radius 1 is 1.60 bits per heavy atom. The largest absolute Gasteiger partial charge is 0.329 e. The van der Waals surface area contributed by atoms with E-state index < -0.39 is 0 Å². The molecule has 0 aliphatic heterocycles. The van der Waals surface area contributed by atoms with Crippen molar-refractivity contribution >= 4 is 17.1 Å². The SMILES string of the molecule is NCCn1cc(C(=O)c2ccsc2)nn1. The van der Waals surface area contributed by atoms with Crippen LogP contribution >= 0.6 is 11.3 Å². The monoisotopic (exact) mass is 222 g/mol. The maximum atomic E-state index is 11.8. The first-order valence-electron chi connectivity index (χ1n) is 4.48. The minimum absolute atomic E-state index is 0.0977. The molecule has 0 spiro atoms. The smallest absolute Gasteiger partial charge is 0.215 e. The van der Waals surface area contributed by atoms with Crippen molar-refractivity contribution in [1.29, 1.82) is 0 Å². The molecule has 0 bridgehead atoms. The zero-order valence-electron chi connectivity index (χ0n) is 7.96. The van der Waals surface area contributed by atoms with Gasteiger partial charge >= 0.3 is 0 Å². The first kappa shape index (κ1) is 10.0. The third kappa shape index (κ3) is 2.11. The Labute approximate surface area is 90.5 Å². The van der Waals surface area contributed by atoms with Crippen molar-refractivity contribution in [2.75, 3.05) is 6.54 Å². The van der Waals surface area contributed by atoms with Crippen LogP contribution < -0.4 is 5.73 Å². The van der Waals surface area contributed by atoms with Gasteiger partial charge < -0.3 is 5.73 Å². The Kier molecular flexibility index (Phi) is 2.89. The van der Waals surface area contributed by atoms with E-state index in [-0.39, 0.29) is 5.78 Å². The highest BCUT2D eigenvalue weighted by molar-refractivity contribution is 7.08. The fraction of sp³-hybridized carbons (Fsp3) is 0.222. The Balaban J connectivity index is 2.19. The highest BCUT2D eigenvalue weighted by Gasteiger charge is 2.13. The molecule has 2 heterocycles. The maximum absolute atomic E-state index is 11.8. The molecule has 2 aromatic rings. The van der Waals surface area contributed by atoms with Gasteiger partial charge in [0.15, 0.2) is 5.69 Å². The predicted octanol–water partition coefficient (Wildman–Crippen LogP) is 0.529. The van der Waals surface area contributed by atoms with Crippen molar-refractivity contribution < 1.29 is 4.79 Å². The van der Waals surface area contributed by atoms with Gasteiger partial charge in [0.1, 0.15) is 0 Å². The van der Waals surface area contributed by atoms with E-state index in [4.69, 9.17) is 5.73 Å². The Morgan fingerprint density at radius 2 is 2.47 bits per heavy atom. The molecule has 2 N–H and O–H groups in total. The van der Waals surface area contributed by atoms with Crippen molar-refractivity contribution in [3.63, 3.8) is 0 Å². The van der Waals surface area contributed by atoms with E-state index in [1.807, 2.05) is 5.38 Å². The minimum atomic E-state index is -0.0977. The zero-order chi connectivity index (χ0) is 10.7. The van der Waals surface area contributed by atoms with E-state index >= 15 is 0 Å². The van der Waals surface area contributed by atoms with Gasteiger partial charge in [0.05, 0.1) is 12.7 Å². The Hall–Kier alpha value is -1.53. The van der Waals surface area contributed by atoms with Crippen LogP contribution in [-0.2, 0) is 6.54 Å². The molecule has 0 saturated heterocycles. The average molecular weight is 222 g/mol. The van der Waals surface area contributed by atoms with E-state index in [0.29, 0.717) is 24.3 Å².